The third kappa shape index (κ3) is 6.22. The highest BCUT2D eigenvalue weighted by atomic mass is 35.5. The van der Waals surface area contributed by atoms with E-state index in [4.69, 9.17) is 28.3 Å². The fourth-order valence-electron chi connectivity index (χ4n) is 1.84. The molecule has 1 aromatic carbocycles. The maximum atomic E-state index is 11.9. The van der Waals surface area contributed by atoms with Gasteiger partial charge in [-0.15, -0.1) is 0 Å². The monoisotopic (exact) mass is 333 g/mol. The van der Waals surface area contributed by atoms with E-state index in [0.717, 1.165) is 12.8 Å². The van der Waals surface area contributed by atoms with Crippen molar-refractivity contribution in [2.24, 2.45) is 5.41 Å². The normalized spacial score (nSPS) is 13.0. The van der Waals surface area contributed by atoms with Crippen molar-refractivity contribution in [2.45, 2.75) is 32.8 Å². The van der Waals surface area contributed by atoms with Gasteiger partial charge in [-0.25, -0.2) is 0 Å². The molecule has 0 saturated heterocycles. The van der Waals surface area contributed by atoms with Crippen molar-refractivity contribution in [3.05, 3.63) is 33.8 Å². The number of amides is 1. The lowest BCUT2D eigenvalue weighted by atomic mass is 9.89. The third-order valence-electron chi connectivity index (χ3n) is 3.21. The van der Waals surface area contributed by atoms with E-state index in [0.29, 0.717) is 22.2 Å². The molecule has 0 radical (unpaired) electrons. The summed E-state index contributed by atoms with van der Waals surface area (Å²) in [5.74, 6) is -0.491. The quantitative estimate of drug-likeness (QED) is 0.672. The first kappa shape index (κ1) is 18.2. The van der Waals surface area contributed by atoms with Gasteiger partial charge in [0.05, 0.1) is 0 Å². The minimum Gasteiger partial charge on any atom is -0.396 e. The van der Waals surface area contributed by atoms with Crippen LogP contribution in [0.4, 0.5) is 0 Å². The fraction of sp³-hybridized carbons (Fsp3) is 0.533. The first-order valence-corrected chi connectivity index (χ1v) is 7.53. The van der Waals surface area contributed by atoms with Crippen LogP contribution in [0, 0.1) is 5.41 Å². The number of benzene rings is 1. The summed E-state index contributed by atoms with van der Waals surface area (Å²) >= 11 is 11.7. The van der Waals surface area contributed by atoms with Crippen molar-refractivity contribution >= 4 is 29.1 Å². The minimum absolute atomic E-state index is 0.102. The number of hydrogen-bond acceptors (Lipinski definition) is 3. The summed E-state index contributed by atoms with van der Waals surface area (Å²) in [7, 11) is 0. The number of aliphatic hydroxyl groups excluding tert-OH is 2. The molecule has 0 saturated carbocycles. The zero-order valence-corrected chi connectivity index (χ0v) is 13.7. The van der Waals surface area contributed by atoms with E-state index >= 15 is 0 Å². The molecule has 1 aromatic rings. The summed E-state index contributed by atoms with van der Waals surface area (Å²) in [4.78, 5) is 11.9. The topological polar surface area (TPSA) is 69.6 Å². The summed E-state index contributed by atoms with van der Waals surface area (Å²) in [6.07, 6.45) is 0.206. The molecule has 0 spiro atoms. The van der Waals surface area contributed by atoms with Crippen LogP contribution >= 0.6 is 23.2 Å². The smallest absolute Gasteiger partial charge is 0.253 e. The van der Waals surface area contributed by atoms with Gasteiger partial charge >= 0.3 is 0 Å². The van der Waals surface area contributed by atoms with E-state index < -0.39 is 12.0 Å². The van der Waals surface area contributed by atoms with Crippen LogP contribution in [0.25, 0.3) is 0 Å². The molecule has 0 aliphatic rings. The number of carbonyl (C=O) groups excluding carboxylic acids is 1. The van der Waals surface area contributed by atoms with E-state index in [2.05, 4.69) is 5.32 Å². The number of carbonyl (C=O) groups is 1. The third-order valence-corrected chi connectivity index (χ3v) is 3.64. The number of halogens is 2. The van der Waals surface area contributed by atoms with Crippen LogP contribution < -0.4 is 5.32 Å². The minimum atomic E-state index is -1.30. The lowest BCUT2D eigenvalue weighted by Crippen LogP contribution is -2.31. The average molecular weight is 334 g/mol. The van der Waals surface area contributed by atoms with Crippen LogP contribution in [0.15, 0.2) is 18.2 Å². The predicted octanol–water partition coefficient (Wildman–Crippen LogP) is 2.94. The van der Waals surface area contributed by atoms with Crippen molar-refractivity contribution in [1.29, 1.82) is 0 Å². The van der Waals surface area contributed by atoms with Crippen LogP contribution in [-0.2, 0) is 4.79 Å². The highest BCUT2D eigenvalue weighted by Crippen LogP contribution is 2.24. The second-order valence-electron chi connectivity index (χ2n) is 5.82. The van der Waals surface area contributed by atoms with Crippen molar-refractivity contribution in [3.63, 3.8) is 0 Å². The molecule has 0 aromatic heterocycles. The Bertz CT molecular complexity index is 472. The second-order valence-corrected chi connectivity index (χ2v) is 6.70. The van der Waals surface area contributed by atoms with Gasteiger partial charge in [0.1, 0.15) is 0 Å². The molecule has 0 aliphatic carbocycles. The molecular weight excluding hydrogens is 313 g/mol. The Balaban J connectivity index is 2.48. The Morgan fingerprint density at radius 1 is 1.29 bits per heavy atom. The fourth-order valence-corrected chi connectivity index (χ4v) is 2.38. The molecule has 0 heterocycles. The Hall–Kier alpha value is -0.810. The van der Waals surface area contributed by atoms with Crippen molar-refractivity contribution in [1.82, 2.24) is 5.32 Å². The second kappa shape index (κ2) is 7.99. The molecule has 0 bridgehead atoms. The van der Waals surface area contributed by atoms with Crippen LogP contribution in [0.2, 0.25) is 10.0 Å². The standard InChI is InChI=1S/C15H21Cl2NO3/c1-15(2,9-19)4-3-5-18-14(21)13(20)10-6-11(16)8-12(17)7-10/h6-8,13,19-20H,3-5,9H2,1-2H3,(H,18,21). The first-order valence-electron chi connectivity index (χ1n) is 6.78. The Morgan fingerprint density at radius 2 is 1.86 bits per heavy atom. The number of nitrogens with one attached hydrogen (secondary N) is 1. The van der Waals surface area contributed by atoms with Crippen LogP contribution in [0.3, 0.4) is 0 Å². The van der Waals surface area contributed by atoms with Gasteiger partial charge in [0.15, 0.2) is 6.10 Å². The van der Waals surface area contributed by atoms with E-state index in [-0.39, 0.29) is 12.0 Å². The van der Waals surface area contributed by atoms with E-state index in [1.54, 1.807) is 0 Å². The van der Waals surface area contributed by atoms with Gasteiger partial charge in [-0.3, -0.25) is 4.79 Å². The van der Waals surface area contributed by atoms with Crippen LogP contribution in [0.1, 0.15) is 38.4 Å². The van der Waals surface area contributed by atoms with E-state index in [1.165, 1.54) is 18.2 Å². The molecule has 0 aliphatic heterocycles. The Kier molecular flexibility index (Phi) is 6.94. The average Bonchev–Trinajstić information content (AvgIpc) is 2.41. The molecule has 3 N–H and O–H groups in total. The van der Waals surface area contributed by atoms with Gasteiger partial charge in [-0.2, -0.15) is 0 Å². The first-order chi connectivity index (χ1) is 9.75. The number of aliphatic hydroxyl groups is 2. The zero-order chi connectivity index (χ0) is 16.0. The van der Waals surface area contributed by atoms with Gasteiger partial charge in [0.2, 0.25) is 0 Å². The molecule has 4 nitrogen and oxygen atoms in total. The van der Waals surface area contributed by atoms with Gasteiger partial charge in [-0.1, -0.05) is 37.0 Å². The molecule has 21 heavy (non-hydrogen) atoms. The molecule has 1 atom stereocenters. The van der Waals surface area contributed by atoms with Crippen LogP contribution in [-0.4, -0.2) is 29.3 Å². The highest BCUT2D eigenvalue weighted by Gasteiger charge is 2.19. The van der Waals surface area contributed by atoms with Crippen molar-refractivity contribution in [2.75, 3.05) is 13.2 Å². The SMILES string of the molecule is CC(C)(CO)CCCNC(=O)C(O)c1cc(Cl)cc(Cl)c1. The molecular formula is C15H21Cl2NO3. The summed E-state index contributed by atoms with van der Waals surface area (Å²) in [5.41, 5.74) is 0.199. The maximum absolute atomic E-state index is 11.9. The summed E-state index contributed by atoms with van der Waals surface area (Å²) < 4.78 is 0. The van der Waals surface area contributed by atoms with Crippen molar-refractivity contribution < 1.29 is 15.0 Å². The largest absolute Gasteiger partial charge is 0.396 e. The lowest BCUT2D eigenvalue weighted by Gasteiger charge is -2.21. The van der Waals surface area contributed by atoms with E-state index in [1.807, 2.05) is 13.8 Å². The molecule has 118 valence electrons. The van der Waals surface area contributed by atoms with Gasteiger partial charge < -0.3 is 15.5 Å². The van der Waals surface area contributed by atoms with Crippen LogP contribution in [0.5, 0.6) is 0 Å². The Labute approximate surface area is 135 Å². The molecule has 6 heteroatoms. The summed E-state index contributed by atoms with van der Waals surface area (Å²) in [6.45, 7) is 4.45. The van der Waals surface area contributed by atoms with Gasteiger partial charge in [0.25, 0.3) is 5.91 Å². The predicted molar refractivity (Wildman–Crippen MR) is 84.5 cm³/mol. The highest BCUT2D eigenvalue weighted by molar-refractivity contribution is 6.34. The van der Waals surface area contributed by atoms with Crippen molar-refractivity contribution in [3.8, 4) is 0 Å². The molecule has 1 unspecified atom stereocenters. The zero-order valence-electron chi connectivity index (χ0n) is 12.2. The molecule has 0 fully saturated rings. The van der Waals surface area contributed by atoms with E-state index in [9.17, 15) is 9.90 Å². The Morgan fingerprint density at radius 3 is 2.38 bits per heavy atom. The van der Waals surface area contributed by atoms with Gasteiger partial charge in [0, 0.05) is 23.2 Å². The molecule has 1 amide bonds. The summed E-state index contributed by atoms with van der Waals surface area (Å²) in [5, 5.41) is 22.5. The number of hydrogen-bond donors (Lipinski definition) is 3. The maximum Gasteiger partial charge on any atom is 0.253 e. The lowest BCUT2D eigenvalue weighted by molar-refractivity contribution is -0.129. The number of rotatable bonds is 7. The summed E-state index contributed by atoms with van der Waals surface area (Å²) in [6, 6.07) is 4.55. The molecule has 1 rings (SSSR count). The van der Waals surface area contributed by atoms with Gasteiger partial charge in [-0.05, 0) is 42.0 Å².